The molecule has 3 aliphatic rings. The third-order valence-corrected chi connectivity index (χ3v) is 2.82. The molecular weight excluding hydrogens is 152 g/mol. The number of Topliss-reactive ketones (excluding diaryl/α,β-unsaturated/α-hetero) is 1. The fourth-order valence-electron chi connectivity index (χ4n) is 2.14. The Morgan fingerprint density at radius 3 is 2.67 bits per heavy atom. The van der Waals surface area contributed by atoms with Gasteiger partial charge in [0.2, 0.25) is 0 Å². The van der Waals surface area contributed by atoms with Crippen molar-refractivity contribution in [1.82, 2.24) is 10.2 Å². The van der Waals surface area contributed by atoms with Gasteiger partial charge >= 0.3 is 0 Å². The van der Waals surface area contributed by atoms with E-state index in [0.29, 0.717) is 6.04 Å². The fraction of sp³-hybridized carbons (Fsp3) is 0.667. The Morgan fingerprint density at radius 1 is 1.58 bits per heavy atom. The van der Waals surface area contributed by atoms with Crippen LogP contribution in [0.4, 0.5) is 0 Å². The molecule has 1 saturated heterocycles. The van der Waals surface area contributed by atoms with Crippen molar-refractivity contribution in [1.29, 1.82) is 0 Å². The summed E-state index contributed by atoms with van der Waals surface area (Å²) in [4.78, 5) is 13.4. The molecule has 1 N–H and O–H groups in total. The Morgan fingerprint density at radius 2 is 2.33 bits per heavy atom. The van der Waals surface area contributed by atoms with E-state index in [0.717, 1.165) is 6.54 Å². The summed E-state index contributed by atoms with van der Waals surface area (Å²) in [6.45, 7) is 2.64. The largest absolute Gasteiger partial charge is 0.307 e. The molecule has 3 nitrogen and oxygen atoms in total. The molecule has 3 heterocycles. The monoisotopic (exact) mass is 166 g/mol. The minimum Gasteiger partial charge on any atom is -0.307 e. The van der Waals surface area contributed by atoms with Crippen LogP contribution in [0, 0.1) is 0 Å². The fourth-order valence-corrected chi connectivity index (χ4v) is 2.14. The van der Waals surface area contributed by atoms with Gasteiger partial charge in [0, 0.05) is 18.6 Å². The molecule has 0 amide bonds. The molecule has 66 valence electrons. The van der Waals surface area contributed by atoms with Crippen molar-refractivity contribution in [3.63, 3.8) is 0 Å². The highest BCUT2D eigenvalue weighted by molar-refractivity contribution is 5.83. The molecule has 3 atom stereocenters. The molecule has 3 unspecified atom stereocenters. The summed E-state index contributed by atoms with van der Waals surface area (Å²) in [7, 11) is 2.02. The van der Waals surface area contributed by atoms with Crippen LogP contribution in [0.1, 0.15) is 6.92 Å². The number of nitrogens with zero attached hydrogens (tertiary/aromatic N) is 1. The van der Waals surface area contributed by atoms with Crippen molar-refractivity contribution in [3.8, 4) is 0 Å². The molecule has 2 bridgehead atoms. The quantitative estimate of drug-likeness (QED) is 0.547. The molecule has 0 aromatic rings. The molecule has 12 heavy (non-hydrogen) atoms. The highest BCUT2D eigenvalue weighted by Gasteiger charge is 2.38. The van der Waals surface area contributed by atoms with E-state index < -0.39 is 0 Å². The second kappa shape index (κ2) is 2.68. The molecule has 0 radical (unpaired) electrons. The van der Waals surface area contributed by atoms with Gasteiger partial charge in [0.05, 0.1) is 6.04 Å². The lowest BCUT2D eigenvalue weighted by Crippen LogP contribution is -2.65. The first kappa shape index (κ1) is 7.95. The Kier molecular flexibility index (Phi) is 1.77. The van der Waals surface area contributed by atoms with Gasteiger partial charge in [-0.1, -0.05) is 12.2 Å². The first-order valence-corrected chi connectivity index (χ1v) is 4.34. The molecule has 3 rings (SSSR count). The summed E-state index contributed by atoms with van der Waals surface area (Å²) < 4.78 is 0. The van der Waals surface area contributed by atoms with Crippen LogP contribution in [0.2, 0.25) is 0 Å². The van der Waals surface area contributed by atoms with Crippen LogP contribution in [0.3, 0.4) is 0 Å². The lowest BCUT2D eigenvalue weighted by Gasteiger charge is -2.45. The van der Waals surface area contributed by atoms with Gasteiger partial charge in [0.1, 0.15) is 5.78 Å². The molecule has 0 spiro atoms. The van der Waals surface area contributed by atoms with Gasteiger partial charge in [0.15, 0.2) is 0 Å². The highest BCUT2D eigenvalue weighted by atomic mass is 16.1. The normalized spacial score (nSPS) is 40.3. The van der Waals surface area contributed by atoms with E-state index >= 15 is 0 Å². The lowest BCUT2D eigenvalue weighted by molar-refractivity contribution is -0.124. The van der Waals surface area contributed by atoms with Crippen LogP contribution in [0.5, 0.6) is 0 Å². The Bertz CT molecular complexity index is 237. The van der Waals surface area contributed by atoms with Crippen LogP contribution in [-0.2, 0) is 4.79 Å². The predicted octanol–water partition coefficient (Wildman–Crippen LogP) is -0.214. The standard InChI is InChI=1S/C9H14N2O/c1-6(12)9-8-4-3-7(5-10-8)11(9)2/h3-4,7-10H,5H2,1-2H3. The van der Waals surface area contributed by atoms with E-state index in [1.54, 1.807) is 6.92 Å². The van der Waals surface area contributed by atoms with Gasteiger partial charge in [-0.25, -0.2) is 0 Å². The number of hydrogen-bond acceptors (Lipinski definition) is 3. The van der Waals surface area contributed by atoms with Gasteiger partial charge in [-0.2, -0.15) is 0 Å². The molecule has 3 aliphatic heterocycles. The molecular formula is C9H14N2O. The number of likely N-dealkylation sites (N-methyl/N-ethyl adjacent to an activating group) is 1. The number of rotatable bonds is 1. The van der Waals surface area contributed by atoms with Crippen LogP contribution < -0.4 is 5.32 Å². The highest BCUT2D eigenvalue weighted by Crippen LogP contribution is 2.20. The van der Waals surface area contributed by atoms with Crippen molar-refractivity contribution in [3.05, 3.63) is 12.2 Å². The minimum atomic E-state index is 0.0498. The minimum absolute atomic E-state index is 0.0498. The van der Waals surface area contributed by atoms with Gasteiger partial charge in [0.25, 0.3) is 0 Å². The number of piperazine rings is 1. The first-order valence-electron chi connectivity index (χ1n) is 4.34. The SMILES string of the molecule is CC(=O)C1C2C=CC(CN2)N1C. The topological polar surface area (TPSA) is 32.3 Å². The summed E-state index contributed by atoms with van der Waals surface area (Å²) in [6.07, 6.45) is 4.29. The van der Waals surface area contributed by atoms with E-state index in [9.17, 15) is 4.79 Å². The van der Waals surface area contributed by atoms with Gasteiger partial charge < -0.3 is 5.32 Å². The van der Waals surface area contributed by atoms with Gasteiger partial charge in [-0.05, 0) is 14.0 Å². The maximum absolute atomic E-state index is 11.3. The zero-order valence-corrected chi connectivity index (χ0v) is 7.45. The molecule has 0 aromatic heterocycles. The van der Waals surface area contributed by atoms with Crippen molar-refractivity contribution < 1.29 is 4.79 Å². The second-order valence-electron chi connectivity index (χ2n) is 3.61. The summed E-state index contributed by atoms with van der Waals surface area (Å²) in [5.74, 6) is 0.254. The third kappa shape index (κ3) is 1.01. The number of fused-ring (bicyclic) bond motifs is 2. The number of ketones is 1. The number of carbonyl (C=O) groups is 1. The average Bonchev–Trinajstić information content (AvgIpc) is 2.05. The maximum atomic E-state index is 11.3. The van der Waals surface area contributed by atoms with E-state index in [1.807, 2.05) is 7.05 Å². The summed E-state index contributed by atoms with van der Waals surface area (Å²) in [5.41, 5.74) is 0. The number of nitrogens with one attached hydrogen (secondary N) is 1. The van der Waals surface area contributed by atoms with E-state index in [4.69, 9.17) is 0 Å². The van der Waals surface area contributed by atoms with Crippen molar-refractivity contribution in [2.75, 3.05) is 13.6 Å². The van der Waals surface area contributed by atoms with Gasteiger partial charge in [-0.15, -0.1) is 0 Å². The van der Waals surface area contributed by atoms with Gasteiger partial charge in [-0.3, -0.25) is 9.69 Å². The third-order valence-electron chi connectivity index (χ3n) is 2.82. The Balaban J connectivity index is 2.26. The molecule has 3 heteroatoms. The van der Waals surface area contributed by atoms with Crippen molar-refractivity contribution in [2.45, 2.75) is 25.0 Å². The Labute approximate surface area is 72.4 Å². The average molecular weight is 166 g/mol. The number of hydrogen-bond donors (Lipinski definition) is 1. The number of carbonyl (C=O) groups excluding carboxylic acids is 1. The van der Waals surface area contributed by atoms with Crippen LogP contribution in [0.15, 0.2) is 12.2 Å². The molecule has 0 aliphatic carbocycles. The summed E-state index contributed by atoms with van der Waals surface area (Å²) in [6, 6.07) is 0.690. The molecule has 0 aromatic carbocycles. The van der Waals surface area contributed by atoms with Crippen LogP contribution in [0.25, 0.3) is 0 Å². The maximum Gasteiger partial charge on any atom is 0.148 e. The van der Waals surface area contributed by atoms with E-state index in [2.05, 4.69) is 22.4 Å². The van der Waals surface area contributed by atoms with Crippen LogP contribution in [-0.4, -0.2) is 42.4 Å². The van der Waals surface area contributed by atoms with Crippen molar-refractivity contribution in [2.24, 2.45) is 0 Å². The van der Waals surface area contributed by atoms with E-state index in [1.165, 1.54) is 0 Å². The van der Waals surface area contributed by atoms with Crippen LogP contribution >= 0.6 is 0 Å². The smallest absolute Gasteiger partial charge is 0.148 e. The summed E-state index contributed by atoms with van der Waals surface area (Å²) >= 11 is 0. The molecule has 1 fully saturated rings. The molecule has 0 saturated carbocycles. The van der Waals surface area contributed by atoms with E-state index in [-0.39, 0.29) is 17.9 Å². The zero-order chi connectivity index (χ0) is 8.72. The first-order chi connectivity index (χ1) is 5.70. The van der Waals surface area contributed by atoms with Crippen molar-refractivity contribution >= 4 is 5.78 Å². The summed E-state index contributed by atoms with van der Waals surface area (Å²) in [5, 5.41) is 3.33. The predicted molar refractivity (Wildman–Crippen MR) is 47.0 cm³/mol. The lowest BCUT2D eigenvalue weighted by atomic mass is 9.91. The Hall–Kier alpha value is -0.670. The second-order valence-corrected chi connectivity index (χ2v) is 3.61. The zero-order valence-electron chi connectivity index (χ0n) is 7.45.